The smallest absolute Gasteiger partial charge is 0.197 e. The lowest BCUT2D eigenvalue weighted by atomic mass is 10.0. The fourth-order valence-electron chi connectivity index (χ4n) is 2.95. The topological polar surface area (TPSA) is 22.0 Å². The molecule has 0 N–H and O–H groups in total. The molecule has 4 rings (SSSR count). The monoisotopic (exact) mass is 315 g/mol. The van der Waals surface area contributed by atoms with Crippen LogP contribution in [0.3, 0.4) is 0 Å². The molecule has 0 spiro atoms. The van der Waals surface area contributed by atoms with Gasteiger partial charge in [-0.05, 0) is 30.3 Å². The first-order valence-corrected chi connectivity index (χ1v) is 7.70. The summed E-state index contributed by atoms with van der Waals surface area (Å²) < 4.78 is 16.2. The van der Waals surface area contributed by atoms with Crippen molar-refractivity contribution in [2.24, 2.45) is 0 Å². The Morgan fingerprint density at radius 1 is 0.708 bits per heavy atom. The summed E-state index contributed by atoms with van der Waals surface area (Å²) in [6.45, 7) is 0. The Kier molecular flexibility index (Phi) is 3.47. The molecule has 0 saturated heterocycles. The molecule has 4 aromatic rings. The Morgan fingerprint density at radius 2 is 1.38 bits per heavy atom. The summed E-state index contributed by atoms with van der Waals surface area (Å²) in [5, 5.41) is 0.571. The van der Waals surface area contributed by atoms with E-state index in [9.17, 15) is 9.18 Å². The molecule has 0 atom stereocenters. The number of rotatable bonds is 2. The van der Waals surface area contributed by atoms with Gasteiger partial charge in [-0.2, -0.15) is 0 Å². The van der Waals surface area contributed by atoms with Gasteiger partial charge in [-0.25, -0.2) is 4.39 Å². The first-order chi connectivity index (χ1) is 11.8. The van der Waals surface area contributed by atoms with Gasteiger partial charge >= 0.3 is 0 Å². The molecule has 2 nitrogen and oxygen atoms in total. The highest BCUT2D eigenvalue weighted by molar-refractivity contribution is 5.85. The summed E-state index contributed by atoms with van der Waals surface area (Å²) in [5.74, 6) is -0.399. The zero-order valence-corrected chi connectivity index (χ0v) is 12.8. The van der Waals surface area contributed by atoms with E-state index < -0.39 is 5.82 Å². The average Bonchev–Trinajstić information content (AvgIpc) is 2.64. The van der Waals surface area contributed by atoms with Crippen molar-refractivity contribution in [1.82, 2.24) is 4.57 Å². The molecule has 0 aliphatic rings. The zero-order valence-electron chi connectivity index (χ0n) is 12.8. The van der Waals surface area contributed by atoms with Gasteiger partial charge in [0, 0.05) is 28.4 Å². The van der Waals surface area contributed by atoms with Crippen LogP contribution in [-0.2, 0) is 0 Å². The van der Waals surface area contributed by atoms with E-state index >= 15 is 0 Å². The van der Waals surface area contributed by atoms with E-state index in [0.29, 0.717) is 16.5 Å². The second-order valence-electron chi connectivity index (χ2n) is 5.57. The normalized spacial score (nSPS) is 10.9. The van der Waals surface area contributed by atoms with Crippen molar-refractivity contribution >= 4 is 10.9 Å². The van der Waals surface area contributed by atoms with Gasteiger partial charge in [-0.3, -0.25) is 4.79 Å². The van der Waals surface area contributed by atoms with Crippen LogP contribution in [0.4, 0.5) is 4.39 Å². The standard InChI is InChI=1S/C21H14FNO/c22-19-12-6-4-10-16(19)18-14-23(15-8-2-1-3-9-15)20-13-7-5-11-17(20)21(18)24/h1-14H. The van der Waals surface area contributed by atoms with Gasteiger partial charge in [0.05, 0.1) is 5.52 Å². The maximum Gasteiger partial charge on any atom is 0.197 e. The van der Waals surface area contributed by atoms with Crippen LogP contribution in [0.5, 0.6) is 0 Å². The van der Waals surface area contributed by atoms with Gasteiger partial charge in [0.25, 0.3) is 0 Å². The minimum Gasteiger partial charge on any atom is -0.316 e. The zero-order chi connectivity index (χ0) is 16.5. The Bertz CT molecular complexity index is 1080. The third-order valence-electron chi connectivity index (χ3n) is 4.11. The van der Waals surface area contributed by atoms with Gasteiger partial charge in [0.15, 0.2) is 5.43 Å². The molecule has 0 aliphatic carbocycles. The number of para-hydroxylation sites is 2. The predicted octanol–water partition coefficient (Wildman–Crippen LogP) is 4.80. The Balaban J connectivity index is 2.12. The molecule has 3 heteroatoms. The van der Waals surface area contributed by atoms with E-state index in [1.165, 1.54) is 6.07 Å². The molecule has 24 heavy (non-hydrogen) atoms. The van der Waals surface area contributed by atoms with Crippen LogP contribution in [0.25, 0.3) is 27.7 Å². The average molecular weight is 315 g/mol. The minimum absolute atomic E-state index is 0.164. The Hall–Kier alpha value is -3.20. The SMILES string of the molecule is O=c1c(-c2ccccc2F)cn(-c2ccccc2)c2ccccc12. The lowest BCUT2D eigenvalue weighted by Crippen LogP contribution is -2.11. The highest BCUT2D eigenvalue weighted by atomic mass is 19.1. The lowest BCUT2D eigenvalue weighted by Gasteiger charge is -2.14. The Morgan fingerprint density at radius 3 is 2.17 bits per heavy atom. The summed E-state index contributed by atoms with van der Waals surface area (Å²) in [7, 11) is 0. The maximum atomic E-state index is 14.2. The number of hydrogen-bond acceptors (Lipinski definition) is 1. The van der Waals surface area contributed by atoms with Crippen molar-refractivity contribution in [2.45, 2.75) is 0 Å². The molecule has 116 valence electrons. The predicted molar refractivity (Wildman–Crippen MR) is 94.9 cm³/mol. The number of fused-ring (bicyclic) bond motifs is 1. The summed E-state index contributed by atoms with van der Waals surface area (Å²) in [5.41, 5.74) is 2.23. The van der Waals surface area contributed by atoms with Crippen molar-refractivity contribution in [3.05, 3.63) is 101 Å². The summed E-state index contributed by atoms with van der Waals surface area (Å²) in [6, 6.07) is 23.5. The highest BCUT2D eigenvalue weighted by Crippen LogP contribution is 2.24. The van der Waals surface area contributed by atoms with Crippen molar-refractivity contribution in [1.29, 1.82) is 0 Å². The molecule has 0 fully saturated rings. The number of halogens is 1. The van der Waals surface area contributed by atoms with Crippen LogP contribution in [0.2, 0.25) is 0 Å². The molecule has 1 heterocycles. The fraction of sp³-hybridized carbons (Fsp3) is 0. The maximum absolute atomic E-state index is 14.2. The number of benzene rings is 3. The quantitative estimate of drug-likeness (QED) is 0.521. The third kappa shape index (κ3) is 2.31. The van der Waals surface area contributed by atoms with Gasteiger partial charge < -0.3 is 4.57 Å². The largest absolute Gasteiger partial charge is 0.316 e. The van der Waals surface area contributed by atoms with Crippen LogP contribution >= 0.6 is 0 Å². The molecule has 1 aromatic heterocycles. The molecule has 0 radical (unpaired) electrons. The molecule has 0 saturated carbocycles. The van der Waals surface area contributed by atoms with E-state index in [-0.39, 0.29) is 5.43 Å². The summed E-state index contributed by atoms with van der Waals surface area (Å²) >= 11 is 0. The highest BCUT2D eigenvalue weighted by Gasteiger charge is 2.14. The van der Waals surface area contributed by atoms with Gasteiger partial charge in [-0.15, -0.1) is 0 Å². The van der Waals surface area contributed by atoms with Crippen LogP contribution in [0, 0.1) is 5.82 Å². The van der Waals surface area contributed by atoms with Crippen LogP contribution in [0.1, 0.15) is 0 Å². The van der Waals surface area contributed by atoms with Crippen molar-refractivity contribution in [2.75, 3.05) is 0 Å². The first-order valence-electron chi connectivity index (χ1n) is 7.70. The van der Waals surface area contributed by atoms with Crippen molar-refractivity contribution in [3.8, 4) is 16.8 Å². The van der Waals surface area contributed by atoms with Crippen molar-refractivity contribution < 1.29 is 4.39 Å². The molecule has 0 bridgehead atoms. The van der Waals surface area contributed by atoms with E-state index in [1.54, 1.807) is 30.5 Å². The number of aromatic nitrogens is 1. The van der Waals surface area contributed by atoms with E-state index in [1.807, 2.05) is 53.1 Å². The molecular weight excluding hydrogens is 301 g/mol. The van der Waals surface area contributed by atoms with Crippen LogP contribution < -0.4 is 5.43 Å². The molecular formula is C21H14FNO. The molecule has 0 unspecified atom stereocenters. The first kappa shape index (κ1) is 14.4. The van der Waals surface area contributed by atoms with Gasteiger partial charge in [0.1, 0.15) is 5.82 Å². The summed E-state index contributed by atoms with van der Waals surface area (Å²) in [6.07, 6.45) is 1.72. The summed E-state index contributed by atoms with van der Waals surface area (Å²) in [4.78, 5) is 12.9. The Labute approximate surface area is 138 Å². The third-order valence-corrected chi connectivity index (χ3v) is 4.11. The van der Waals surface area contributed by atoms with Crippen LogP contribution in [-0.4, -0.2) is 4.57 Å². The van der Waals surface area contributed by atoms with E-state index in [0.717, 1.165) is 11.2 Å². The lowest BCUT2D eigenvalue weighted by molar-refractivity contribution is 0.631. The minimum atomic E-state index is -0.399. The molecule has 0 amide bonds. The van der Waals surface area contributed by atoms with Gasteiger partial charge in [-0.1, -0.05) is 48.5 Å². The van der Waals surface area contributed by atoms with E-state index in [4.69, 9.17) is 0 Å². The fourth-order valence-corrected chi connectivity index (χ4v) is 2.95. The number of pyridine rings is 1. The van der Waals surface area contributed by atoms with Gasteiger partial charge in [0.2, 0.25) is 0 Å². The molecule has 0 aliphatic heterocycles. The van der Waals surface area contributed by atoms with E-state index in [2.05, 4.69) is 0 Å². The van der Waals surface area contributed by atoms with Crippen LogP contribution in [0.15, 0.2) is 89.9 Å². The number of hydrogen-bond donors (Lipinski definition) is 0. The second kappa shape index (κ2) is 5.78. The second-order valence-corrected chi connectivity index (χ2v) is 5.57. The number of nitrogens with zero attached hydrogens (tertiary/aromatic N) is 1. The van der Waals surface area contributed by atoms with Crippen molar-refractivity contribution in [3.63, 3.8) is 0 Å². The molecule has 3 aromatic carbocycles.